The fourth-order valence-electron chi connectivity index (χ4n) is 5.71. The van der Waals surface area contributed by atoms with Gasteiger partial charge in [0, 0.05) is 38.2 Å². The SMILES string of the molecule is CCCCn1c(CN(Cc2ccc3c(c2)CCO3)CC2CCCCC2)cnc1-c1cccc(F)c1. The van der Waals surface area contributed by atoms with Crippen molar-refractivity contribution >= 4 is 0 Å². The van der Waals surface area contributed by atoms with Gasteiger partial charge in [0.25, 0.3) is 0 Å². The van der Waals surface area contributed by atoms with Gasteiger partial charge < -0.3 is 9.30 Å². The predicted molar refractivity (Wildman–Crippen MR) is 139 cm³/mol. The summed E-state index contributed by atoms with van der Waals surface area (Å²) in [6.07, 6.45) is 12.0. The predicted octanol–water partition coefficient (Wildman–Crippen LogP) is 7.01. The van der Waals surface area contributed by atoms with E-state index in [9.17, 15) is 4.39 Å². The van der Waals surface area contributed by atoms with Crippen molar-refractivity contribution < 1.29 is 9.13 Å². The van der Waals surface area contributed by atoms with Gasteiger partial charge in [-0.3, -0.25) is 4.90 Å². The summed E-state index contributed by atoms with van der Waals surface area (Å²) in [5.41, 5.74) is 4.76. The summed E-state index contributed by atoms with van der Waals surface area (Å²) in [6.45, 7) is 6.82. The van der Waals surface area contributed by atoms with Crippen molar-refractivity contribution in [1.82, 2.24) is 14.5 Å². The molecule has 0 atom stereocenters. The molecular weight excluding hydrogens is 437 g/mol. The molecule has 0 unspecified atom stereocenters. The van der Waals surface area contributed by atoms with Gasteiger partial charge in [-0.25, -0.2) is 9.37 Å². The number of benzene rings is 2. The Kier molecular flexibility index (Phi) is 7.82. The Labute approximate surface area is 209 Å². The zero-order valence-electron chi connectivity index (χ0n) is 21.0. The first-order valence-corrected chi connectivity index (χ1v) is 13.5. The van der Waals surface area contributed by atoms with Crippen LogP contribution < -0.4 is 4.74 Å². The average molecular weight is 476 g/mol. The Bertz CT molecular complexity index is 1120. The monoisotopic (exact) mass is 475 g/mol. The van der Waals surface area contributed by atoms with Crippen molar-refractivity contribution in [2.24, 2.45) is 5.92 Å². The molecule has 2 aliphatic rings. The van der Waals surface area contributed by atoms with Gasteiger partial charge >= 0.3 is 0 Å². The summed E-state index contributed by atoms with van der Waals surface area (Å²) in [6, 6.07) is 13.5. The van der Waals surface area contributed by atoms with Gasteiger partial charge in [0.1, 0.15) is 17.4 Å². The molecule has 0 saturated heterocycles. The van der Waals surface area contributed by atoms with E-state index in [1.54, 1.807) is 12.1 Å². The van der Waals surface area contributed by atoms with Gasteiger partial charge in [-0.2, -0.15) is 0 Å². The molecule has 0 bridgehead atoms. The number of ether oxygens (including phenoxy) is 1. The average Bonchev–Trinajstić information content (AvgIpc) is 3.50. The summed E-state index contributed by atoms with van der Waals surface area (Å²) < 4.78 is 22.0. The molecule has 1 aliphatic carbocycles. The molecule has 1 aromatic heterocycles. The van der Waals surface area contributed by atoms with Gasteiger partial charge in [-0.1, -0.05) is 56.9 Å². The maximum absolute atomic E-state index is 14.0. The fraction of sp³-hybridized carbons (Fsp3) is 0.500. The highest BCUT2D eigenvalue weighted by Crippen LogP contribution is 2.29. The summed E-state index contributed by atoms with van der Waals surface area (Å²) in [7, 11) is 0. The first kappa shape index (κ1) is 24.1. The van der Waals surface area contributed by atoms with E-state index in [1.807, 2.05) is 12.3 Å². The van der Waals surface area contributed by atoms with Crippen LogP contribution in [0.25, 0.3) is 11.4 Å². The van der Waals surface area contributed by atoms with Crippen LogP contribution in [0.1, 0.15) is 68.7 Å². The molecule has 0 amide bonds. The Morgan fingerprint density at radius 2 is 1.97 bits per heavy atom. The van der Waals surface area contributed by atoms with Crippen LogP contribution in [-0.2, 0) is 26.1 Å². The lowest BCUT2D eigenvalue weighted by molar-refractivity contribution is 0.183. The Hall–Kier alpha value is -2.66. The second-order valence-corrected chi connectivity index (χ2v) is 10.3. The van der Waals surface area contributed by atoms with Crippen molar-refractivity contribution in [1.29, 1.82) is 0 Å². The number of imidazole rings is 1. The standard InChI is InChI=1S/C30H38FN3O/c1-2-3-15-34-28(19-32-30(34)26-10-7-11-27(31)18-26)22-33(20-23-8-5-4-6-9-23)21-24-12-13-29-25(17-24)14-16-35-29/h7,10-13,17-19,23H,2-6,8-9,14-16,20-22H2,1H3. The Morgan fingerprint density at radius 3 is 2.80 bits per heavy atom. The number of aromatic nitrogens is 2. The molecule has 3 aromatic rings. The molecule has 2 aromatic carbocycles. The number of fused-ring (bicyclic) bond motifs is 1. The molecule has 1 fully saturated rings. The van der Waals surface area contributed by atoms with Crippen LogP contribution >= 0.6 is 0 Å². The highest BCUT2D eigenvalue weighted by Gasteiger charge is 2.21. The van der Waals surface area contributed by atoms with Crippen molar-refractivity contribution in [3.63, 3.8) is 0 Å². The lowest BCUT2D eigenvalue weighted by atomic mass is 9.89. The Balaban J connectivity index is 1.41. The van der Waals surface area contributed by atoms with Gasteiger partial charge in [0.05, 0.1) is 18.5 Å². The van der Waals surface area contributed by atoms with E-state index < -0.39 is 0 Å². The van der Waals surface area contributed by atoms with Crippen molar-refractivity contribution in [3.8, 4) is 17.1 Å². The third-order valence-electron chi connectivity index (χ3n) is 7.54. The number of nitrogens with zero attached hydrogens (tertiary/aromatic N) is 3. The summed E-state index contributed by atoms with van der Waals surface area (Å²) in [5, 5.41) is 0. The van der Waals surface area contributed by atoms with Crippen LogP contribution in [0, 0.1) is 11.7 Å². The minimum absolute atomic E-state index is 0.214. The number of rotatable bonds is 10. The summed E-state index contributed by atoms with van der Waals surface area (Å²) >= 11 is 0. The zero-order valence-corrected chi connectivity index (χ0v) is 21.0. The molecule has 0 spiro atoms. The van der Waals surface area contributed by atoms with Crippen molar-refractivity contribution in [3.05, 3.63) is 71.3 Å². The van der Waals surface area contributed by atoms with E-state index in [-0.39, 0.29) is 5.82 Å². The molecule has 35 heavy (non-hydrogen) atoms. The minimum Gasteiger partial charge on any atom is -0.493 e. The van der Waals surface area contributed by atoms with E-state index in [4.69, 9.17) is 9.72 Å². The van der Waals surface area contributed by atoms with Crippen LogP contribution in [-0.4, -0.2) is 27.6 Å². The smallest absolute Gasteiger partial charge is 0.140 e. The molecule has 186 valence electrons. The topological polar surface area (TPSA) is 30.3 Å². The zero-order chi connectivity index (χ0) is 24.0. The number of unbranched alkanes of at least 4 members (excludes halogenated alkanes) is 1. The molecule has 4 nitrogen and oxygen atoms in total. The third kappa shape index (κ3) is 5.95. The van der Waals surface area contributed by atoms with Crippen LogP contribution in [0.2, 0.25) is 0 Å². The largest absolute Gasteiger partial charge is 0.493 e. The lowest BCUT2D eigenvalue weighted by Crippen LogP contribution is -2.31. The number of hydrogen-bond donors (Lipinski definition) is 0. The first-order chi connectivity index (χ1) is 17.2. The number of hydrogen-bond acceptors (Lipinski definition) is 3. The van der Waals surface area contributed by atoms with Gasteiger partial charge in [0.2, 0.25) is 0 Å². The highest BCUT2D eigenvalue weighted by molar-refractivity contribution is 5.56. The van der Waals surface area contributed by atoms with Crippen molar-refractivity contribution in [2.75, 3.05) is 13.2 Å². The van der Waals surface area contributed by atoms with E-state index in [2.05, 4.69) is 34.6 Å². The van der Waals surface area contributed by atoms with Gasteiger partial charge in [0.15, 0.2) is 0 Å². The molecular formula is C30H38FN3O. The van der Waals surface area contributed by atoms with E-state index in [1.165, 1.54) is 55.0 Å². The van der Waals surface area contributed by atoms with Gasteiger partial charge in [-0.05, 0) is 54.5 Å². The fourth-order valence-corrected chi connectivity index (χ4v) is 5.71. The van der Waals surface area contributed by atoms with E-state index in [0.717, 1.165) is 75.1 Å². The molecule has 1 saturated carbocycles. The normalized spacial score (nSPS) is 16.0. The summed E-state index contributed by atoms with van der Waals surface area (Å²) in [5.74, 6) is 2.47. The molecule has 1 aliphatic heterocycles. The molecule has 5 heteroatoms. The molecule has 2 heterocycles. The lowest BCUT2D eigenvalue weighted by Gasteiger charge is -2.30. The maximum atomic E-state index is 14.0. The van der Waals surface area contributed by atoms with E-state index >= 15 is 0 Å². The highest BCUT2D eigenvalue weighted by atomic mass is 19.1. The summed E-state index contributed by atoms with van der Waals surface area (Å²) in [4.78, 5) is 7.40. The second kappa shape index (κ2) is 11.4. The van der Waals surface area contributed by atoms with Crippen LogP contribution in [0.15, 0.2) is 48.7 Å². The molecule has 0 N–H and O–H groups in total. The minimum atomic E-state index is -0.214. The van der Waals surface area contributed by atoms with Gasteiger partial charge in [-0.15, -0.1) is 0 Å². The van der Waals surface area contributed by atoms with Crippen LogP contribution in [0.4, 0.5) is 4.39 Å². The van der Waals surface area contributed by atoms with Crippen LogP contribution in [0.3, 0.4) is 0 Å². The third-order valence-corrected chi connectivity index (χ3v) is 7.54. The first-order valence-electron chi connectivity index (χ1n) is 13.5. The van der Waals surface area contributed by atoms with Crippen molar-refractivity contribution in [2.45, 2.75) is 77.9 Å². The second-order valence-electron chi connectivity index (χ2n) is 10.3. The number of halogens is 1. The quantitative estimate of drug-likeness (QED) is 0.316. The molecule has 0 radical (unpaired) electrons. The maximum Gasteiger partial charge on any atom is 0.140 e. The van der Waals surface area contributed by atoms with E-state index in [0.29, 0.717) is 0 Å². The molecule has 5 rings (SSSR count). The Morgan fingerprint density at radius 1 is 1.09 bits per heavy atom. The van der Waals surface area contributed by atoms with Crippen LogP contribution in [0.5, 0.6) is 5.75 Å².